The molecule has 0 saturated heterocycles. The highest BCUT2D eigenvalue weighted by molar-refractivity contribution is 6.07. The van der Waals surface area contributed by atoms with Crippen molar-refractivity contribution in [3.8, 4) is 11.1 Å². The Morgan fingerprint density at radius 3 is 2.39 bits per heavy atom. The standard InChI is InChI=1S/C26H25N3O2/c1-3-31-26(30)25-23(17-27-29-20-15-13-18(2)14-16-20)28-22-12-8-7-11-21(22)24(25)19-9-5-4-6-10-19/h4-16,27,29H,3,17H2,1-2H3. The zero-order valence-corrected chi connectivity index (χ0v) is 17.7. The SMILES string of the molecule is CCOC(=O)c1c(CNNc2ccc(C)cc2)nc2ccccc2c1-c1ccccc1. The summed E-state index contributed by atoms with van der Waals surface area (Å²) in [4.78, 5) is 17.9. The van der Waals surface area contributed by atoms with Gasteiger partial charge in [-0.25, -0.2) is 10.2 Å². The zero-order chi connectivity index (χ0) is 21.6. The Labute approximate surface area is 182 Å². The number of nitrogens with zero attached hydrogens (tertiary/aromatic N) is 1. The minimum Gasteiger partial charge on any atom is -0.462 e. The van der Waals surface area contributed by atoms with Crippen molar-refractivity contribution < 1.29 is 9.53 Å². The van der Waals surface area contributed by atoms with E-state index in [1.807, 2.05) is 92.7 Å². The maximum absolute atomic E-state index is 13.1. The molecule has 0 aliphatic carbocycles. The lowest BCUT2D eigenvalue weighted by Gasteiger charge is -2.17. The number of aryl methyl sites for hydroxylation is 1. The van der Waals surface area contributed by atoms with E-state index in [-0.39, 0.29) is 5.97 Å². The van der Waals surface area contributed by atoms with Crippen LogP contribution in [0.15, 0.2) is 78.9 Å². The lowest BCUT2D eigenvalue weighted by atomic mass is 9.94. The average molecular weight is 412 g/mol. The van der Waals surface area contributed by atoms with E-state index in [9.17, 15) is 4.79 Å². The number of fused-ring (bicyclic) bond motifs is 1. The summed E-state index contributed by atoms with van der Waals surface area (Å²) in [6, 6.07) is 25.9. The van der Waals surface area contributed by atoms with Gasteiger partial charge in [-0.1, -0.05) is 66.2 Å². The molecular weight excluding hydrogens is 386 g/mol. The van der Waals surface area contributed by atoms with Crippen LogP contribution in [0.4, 0.5) is 5.69 Å². The first-order chi connectivity index (χ1) is 15.2. The third-order valence-electron chi connectivity index (χ3n) is 5.05. The molecule has 4 aromatic rings. The Balaban J connectivity index is 1.78. The summed E-state index contributed by atoms with van der Waals surface area (Å²) < 4.78 is 5.43. The lowest BCUT2D eigenvalue weighted by molar-refractivity contribution is 0.0525. The normalized spacial score (nSPS) is 10.8. The molecule has 0 aliphatic rings. The Hall–Kier alpha value is -3.70. The van der Waals surface area contributed by atoms with Crippen LogP contribution in [0.3, 0.4) is 0 Å². The Kier molecular flexibility index (Phi) is 6.24. The molecular formula is C26H25N3O2. The van der Waals surface area contributed by atoms with Gasteiger partial charge in [0.25, 0.3) is 0 Å². The molecule has 0 amide bonds. The van der Waals surface area contributed by atoms with Gasteiger partial charge in [-0.3, -0.25) is 4.98 Å². The minimum atomic E-state index is -0.369. The van der Waals surface area contributed by atoms with Crippen molar-refractivity contribution in [1.82, 2.24) is 10.4 Å². The first-order valence-corrected chi connectivity index (χ1v) is 10.4. The molecule has 0 atom stereocenters. The minimum absolute atomic E-state index is 0.300. The van der Waals surface area contributed by atoms with E-state index < -0.39 is 0 Å². The number of benzene rings is 3. The molecule has 0 unspecified atom stereocenters. The van der Waals surface area contributed by atoms with Crippen LogP contribution in [0.25, 0.3) is 22.0 Å². The molecule has 31 heavy (non-hydrogen) atoms. The van der Waals surface area contributed by atoms with Crippen LogP contribution in [0.5, 0.6) is 0 Å². The third kappa shape index (κ3) is 4.57. The van der Waals surface area contributed by atoms with Crippen molar-refractivity contribution in [3.63, 3.8) is 0 Å². The van der Waals surface area contributed by atoms with Crippen molar-refractivity contribution in [2.45, 2.75) is 20.4 Å². The van der Waals surface area contributed by atoms with E-state index in [0.29, 0.717) is 24.4 Å². The number of carbonyl (C=O) groups excluding carboxylic acids is 1. The second kappa shape index (κ2) is 9.41. The molecule has 5 heteroatoms. The Bertz CT molecular complexity index is 1190. The second-order valence-electron chi connectivity index (χ2n) is 7.26. The van der Waals surface area contributed by atoms with Crippen LogP contribution in [0.1, 0.15) is 28.5 Å². The van der Waals surface area contributed by atoms with Gasteiger partial charge in [-0.05, 0) is 37.6 Å². The maximum Gasteiger partial charge on any atom is 0.340 e. The Morgan fingerprint density at radius 2 is 1.65 bits per heavy atom. The van der Waals surface area contributed by atoms with E-state index in [4.69, 9.17) is 9.72 Å². The summed E-state index contributed by atoms with van der Waals surface area (Å²) in [6.45, 7) is 4.51. The number of nitrogens with one attached hydrogen (secondary N) is 2. The molecule has 0 bridgehead atoms. The quantitative estimate of drug-likeness (QED) is 0.310. The molecule has 3 aromatic carbocycles. The fraction of sp³-hybridized carbons (Fsp3) is 0.154. The largest absolute Gasteiger partial charge is 0.462 e. The molecule has 0 saturated carbocycles. The highest BCUT2D eigenvalue weighted by atomic mass is 16.5. The van der Waals surface area contributed by atoms with Crippen LogP contribution in [0, 0.1) is 6.92 Å². The van der Waals surface area contributed by atoms with Crippen LogP contribution >= 0.6 is 0 Å². The number of anilines is 1. The second-order valence-corrected chi connectivity index (χ2v) is 7.26. The van der Waals surface area contributed by atoms with Gasteiger partial charge < -0.3 is 10.2 Å². The number of para-hydroxylation sites is 1. The maximum atomic E-state index is 13.1. The summed E-state index contributed by atoms with van der Waals surface area (Å²) in [5, 5.41) is 0.923. The van der Waals surface area contributed by atoms with Crippen molar-refractivity contribution in [1.29, 1.82) is 0 Å². The predicted molar refractivity (Wildman–Crippen MR) is 125 cm³/mol. The smallest absolute Gasteiger partial charge is 0.340 e. The van der Waals surface area contributed by atoms with Crippen LogP contribution in [0.2, 0.25) is 0 Å². The van der Waals surface area contributed by atoms with Crippen molar-refractivity contribution in [3.05, 3.63) is 95.7 Å². The summed E-state index contributed by atoms with van der Waals surface area (Å²) in [5.41, 5.74) is 12.3. The van der Waals surface area contributed by atoms with Crippen LogP contribution in [-0.2, 0) is 11.3 Å². The van der Waals surface area contributed by atoms with E-state index in [1.165, 1.54) is 5.56 Å². The number of carbonyl (C=O) groups is 1. The lowest BCUT2D eigenvalue weighted by Crippen LogP contribution is -2.24. The number of pyridine rings is 1. The average Bonchev–Trinajstić information content (AvgIpc) is 2.80. The fourth-order valence-corrected chi connectivity index (χ4v) is 3.59. The van der Waals surface area contributed by atoms with E-state index >= 15 is 0 Å². The van der Waals surface area contributed by atoms with Gasteiger partial charge in [0, 0.05) is 16.6 Å². The molecule has 1 aromatic heterocycles. The number of hydrogen-bond acceptors (Lipinski definition) is 5. The zero-order valence-electron chi connectivity index (χ0n) is 17.7. The monoisotopic (exact) mass is 411 g/mol. The third-order valence-corrected chi connectivity index (χ3v) is 5.05. The number of esters is 1. The molecule has 0 aliphatic heterocycles. The number of hydrazine groups is 1. The molecule has 0 spiro atoms. The van der Waals surface area contributed by atoms with E-state index in [0.717, 1.165) is 27.7 Å². The molecule has 0 fully saturated rings. The molecule has 2 N–H and O–H groups in total. The van der Waals surface area contributed by atoms with Gasteiger partial charge in [0.15, 0.2) is 0 Å². The number of hydrogen-bond donors (Lipinski definition) is 2. The van der Waals surface area contributed by atoms with Gasteiger partial charge in [-0.2, -0.15) is 0 Å². The summed E-state index contributed by atoms with van der Waals surface area (Å²) in [6.07, 6.45) is 0. The van der Waals surface area contributed by atoms with Crippen LogP contribution in [-0.4, -0.2) is 17.6 Å². The highest BCUT2D eigenvalue weighted by Crippen LogP contribution is 2.33. The molecule has 4 rings (SSSR count). The van der Waals surface area contributed by atoms with Crippen molar-refractivity contribution in [2.75, 3.05) is 12.0 Å². The molecule has 1 heterocycles. The van der Waals surface area contributed by atoms with Gasteiger partial charge in [0.05, 0.1) is 29.9 Å². The summed E-state index contributed by atoms with van der Waals surface area (Å²) in [7, 11) is 0. The molecule has 156 valence electrons. The predicted octanol–water partition coefficient (Wildman–Crippen LogP) is 5.50. The first-order valence-electron chi connectivity index (χ1n) is 10.4. The van der Waals surface area contributed by atoms with Crippen molar-refractivity contribution in [2.24, 2.45) is 0 Å². The molecule has 0 radical (unpaired) electrons. The van der Waals surface area contributed by atoms with Gasteiger partial charge in [-0.15, -0.1) is 0 Å². The van der Waals surface area contributed by atoms with Crippen LogP contribution < -0.4 is 10.9 Å². The summed E-state index contributed by atoms with van der Waals surface area (Å²) in [5.74, 6) is -0.369. The van der Waals surface area contributed by atoms with E-state index in [2.05, 4.69) is 10.9 Å². The molecule has 5 nitrogen and oxygen atoms in total. The Morgan fingerprint density at radius 1 is 0.935 bits per heavy atom. The van der Waals surface area contributed by atoms with E-state index in [1.54, 1.807) is 0 Å². The fourth-order valence-electron chi connectivity index (χ4n) is 3.59. The van der Waals surface area contributed by atoms with Gasteiger partial charge >= 0.3 is 5.97 Å². The van der Waals surface area contributed by atoms with Crippen molar-refractivity contribution >= 4 is 22.6 Å². The van der Waals surface area contributed by atoms with Gasteiger partial charge in [0.2, 0.25) is 0 Å². The first kappa shape index (κ1) is 20.6. The highest BCUT2D eigenvalue weighted by Gasteiger charge is 2.23. The summed E-state index contributed by atoms with van der Waals surface area (Å²) >= 11 is 0. The topological polar surface area (TPSA) is 63.2 Å². The van der Waals surface area contributed by atoms with Gasteiger partial charge in [0.1, 0.15) is 0 Å². The number of rotatable bonds is 7. The number of aromatic nitrogens is 1. The number of ether oxygens (including phenoxy) is 1.